The van der Waals surface area contributed by atoms with Crippen LogP contribution < -0.4 is 15.4 Å². The number of hydrogen-bond acceptors (Lipinski definition) is 3. The van der Waals surface area contributed by atoms with Gasteiger partial charge in [-0.3, -0.25) is 4.99 Å². The summed E-state index contributed by atoms with van der Waals surface area (Å²) in [4.78, 5) is 6.72. The summed E-state index contributed by atoms with van der Waals surface area (Å²) in [6, 6.07) is 8.88. The standard InChI is InChI=1S/C17H26N4O.HI/c1-18-17(19-11-14-7-5-9-21(14)2)20-12-15-10-13-6-3-4-8-16(13)22-15;/h3-4,6,8,14-15H,5,7,9-12H2,1-2H3,(H2,18,19,20);1H. The lowest BCUT2D eigenvalue weighted by molar-refractivity contribution is 0.234. The van der Waals surface area contributed by atoms with E-state index in [0.717, 1.165) is 31.2 Å². The topological polar surface area (TPSA) is 48.9 Å². The highest BCUT2D eigenvalue weighted by Gasteiger charge is 2.23. The zero-order chi connectivity index (χ0) is 15.4. The van der Waals surface area contributed by atoms with Crippen LogP contribution >= 0.6 is 24.0 Å². The Balaban J connectivity index is 0.00000192. The highest BCUT2D eigenvalue weighted by Crippen LogP contribution is 2.27. The molecule has 0 amide bonds. The van der Waals surface area contributed by atoms with Crippen molar-refractivity contribution in [3.8, 4) is 5.75 Å². The molecule has 0 radical (unpaired) electrons. The van der Waals surface area contributed by atoms with Gasteiger partial charge in [-0.25, -0.2) is 0 Å². The summed E-state index contributed by atoms with van der Waals surface area (Å²) in [5.41, 5.74) is 1.30. The van der Waals surface area contributed by atoms with Gasteiger partial charge in [0.1, 0.15) is 11.9 Å². The first-order valence-corrected chi connectivity index (χ1v) is 8.15. The lowest BCUT2D eigenvalue weighted by Gasteiger charge is -2.22. The third-order valence-electron chi connectivity index (χ3n) is 4.61. The van der Waals surface area contributed by atoms with E-state index < -0.39 is 0 Å². The van der Waals surface area contributed by atoms with Gasteiger partial charge in [0.2, 0.25) is 0 Å². The fourth-order valence-corrected chi connectivity index (χ4v) is 3.25. The minimum Gasteiger partial charge on any atom is -0.488 e. The maximum Gasteiger partial charge on any atom is 0.191 e. The van der Waals surface area contributed by atoms with E-state index >= 15 is 0 Å². The van der Waals surface area contributed by atoms with E-state index in [2.05, 4.69) is 39.7 Å². The van der Waals surface area contributed by atoms with Gasteiger partial charge in [0.25, 0.3) is 0 Å². The molecule has 1 aromatic carbocycles. The molecule has 2 atom stereocenters. The monoisotopic (exact) mass is 430 g/mol. The van der Waals surface area contributed by atoms with Crippen LogP contribution in [0.15, 0.2) is 29.3 Å². The molecule has 5 nitrogen and oxygen atoms in total. The zero-order valence-electron chi connectivity index (χ0n) is 13.9. The largest absolute Gasteiger partial charge is 0.488 e. The number of nitrogens with zero attached hydrogens (tertiary/aromatic N) is 2. The first-order chi connectivity index (χ1) is 10.8. The number of benzene rings is 1. The van der Waals surface area contributed by atoms with E-state index in [1.165, 1.54) is 24.9 Å². The number of para-hydroxylation sites is 1. The molecule has 2 N–H and O–H groups in total. The molecule has 6 heteroatoms. The van der Waals surface area contributed by atoms with Gasteiger partial charge in [-0.1, -0.05) is 18.2 Å². The van der Waals surface area contributed by atoms with Crippen LogP contribution in [0, 0.1) is 0 Å². The van der Waals surface area contributed by atoms with Crippen molar-refractivity contribution in [3.63, 3.8) is 0 Å². The summed E-state index contributed by atoms with van der Waals surface area (Å²) in [7, 11) is 4.01. The number of likely N-dealkylation sites (tertiary alicyclic amines) is 1. The summed E-state index contributed by atoms with van der Waals surface area (Å²) >= 11 is 0. The Morgan fingerprint density at radius 2 is 2.09 bits per heavy atom. The number of nitrogens with one attached hydrogen (secondary N) is 2. The summed E-state index contributed by atoms with van der Waals surface area (Å²) in [6.45, 7) is 2.92. The first kappa shape index (κ1) is 18.3. The minimum atomic E-state index is 0. The number of hydrogen-bond donors (Lipinski definition) is 2. The van der Waals surface area contributed by atoms with Crippen LogP contribution in [0.25, 0.3) is 0 Å². The van der Waals surface area contributed by atoms with Crippen LogP contribution in [0.4, 0.5) is 0 Å². The molecule has 0 saturated carbocycles. The summed E-state index contributed by atoms with van der Waals surface area (Å²) < 4.78 is 5.94. The molecule has 1 aromatic rings. The lowest BCUT2D eigenvalue weighted by atomic mass is 10.1. The summed E-state index contributed by atoms with van der Waals surface area (Å²) in [6.07, 6.45) is 3.71. The van der Waals surface area contributed by atoms with E-state index in [0.29, 0.717) is 6.04 Å². The second kappa shape index (κ2) is 8.73. The molecule has 2 aliphatic rings. The van der Waals surface area contributed by atoms with Crippen molar-refractivity contribution in [2.45, 2.75) is 31.4 Å². The van der Waals surface area contributed by atoms with Gasteiger partial charge in [0, 0.05) is 26.1 Å². The Bertz CT molecular complexity index is 512. The van der Waals surface area contributed by atoms with E-state index in [-0.39, 0.29) is 30.1 Å². The summed E-state index contributed by atoms with van der Waals surface area (Å²) in [5.74, 6) is 1.88. The third-order valence-corrected chi connectivity index (χ3v) is 4.61. The van der Waals surface area contributed by atoms with E-state index in [4.69, 9.17) is 4.74 Å². The molecular weight excluding hydrogens is 403 g/mol. The second-order valence-electron chi connectivity index (χ2n) is 6.16. The maximum absolute atomic E-state index is 5.94. The van der Waals surface area contributed by atoms with Gasteiger partial charge < -0.3 is 20.3 Å². The summed E-state index contributed by atoms with van der Waals surface area (Å²) in [5, 5.41) is 6.81. The molecule has 2 aliphatic heterocycles. The normalized spacial score (nSPS) is 23.8. The number of guanidine groups is 1. The maximum atomic E-state index is 5.94. The highest BCUT2D eigenvalue weighted by atomic mass is 127. The molecule has 23 heavy (non-hydrogen) atoms. The Morgan fingerprint density at radius 1 is 1.30 bits per heavy atom. The zero-order valence-corrected chi connectivity index (χ0v) is 16.2. The van der Waals surface area contributed by atoms with Gasteiger partial charge in [-0.15, -0.1) is 24.0 Å². The van der Waals surface area contributed by atoms with Crippen molar-refractivity contribution in [2.75, 3.05) is 33.7 Å². The predicted molar refractivity (Wildman–Crippen MR) is 105 cm³/mol. The van der Waals surface area contributed by atoms with E-state index in [1.54, 1.807) is 0 Å². The molecule has 1 fully saturated rings. The van der Waals surface area contributed by atoms with E-state index in [9.17, 15) is 0 Å². The van der Waals surface area contributed by atoms with Gasteiger partial charge in [-0.2, -0.15) is 0 Å². The minimum absolute atomic E-state index is 0. The average molecular weight is 430 g/mol. The van der Waals surface area contributed by atoms with E-state index in [1.807, 2.05) is 19.2 Å². The predicted octanol–water partition coefficient (Wildman–Crippen LogP) is 1.87. The van der Waals surface area contributed by atoms with Crippen LogP contribution in [-0.4, -0.2) is 56.7 Å². The fraction of sp³-hybridized carbons (Fsp3) is 0.588. The van der Waals surface area contributed by atoms with Crippen molar-refractivity contribution >= 4 is 29.9 Å². The number of fused-ring (bicyclic) bond motifs is 1. The van der Waals surface area contributed by atoms with Crippen molar-refractivity contribution in [3.05, 3.63) is 29.8 Å². The van der Waals surface area contributed by atoms with Crippen LogP contribution in [0.1, 0.15) is 18.4 Å². The van der Waals surface area contributed by atoms with Crippen LogP contribution in [-0.2, 0) is 6.42 Å². The molecule has 128 valence electrons. The molecule has 2 unspecified atom stereocenters. The molecule has 0 bridgehead atoms. The molecule has 0 aromatic heterocycles. The molecule has 2 heterocycles. The van der Waals surface area contributed by atoms with Crippen LogP contribution in [0.2, 0.25) is 0 Å². The molecule has 0 spiro atoms. The van der Waals surface area contributed by atoms with Crippen molar-refractivity contribution in [2.24, 2.45) is 4.99 Å². The quantitative estimate of drug-likeness (QED) is 0.435. The number of rotatable bonds is 4. The number of halogens is 1. The smallest absolute Gasteiger partial charge is 0.191 e. The molecule has 1 saturated heterocycles. The SMILES string of the molecule is CN=C(NCC1Cc2ccccc2O1)NCC1CCCN1C.I. The Labute approximate surface area is 155 Å². The van der Waals surface area contributed by atoms with Crippen molar-refractivity contribution in [1.82, 2.24) is 15.5 Å². The van der Waals surface area contributed by atoms with Crippen molar-refractivity contribution < 1.29 is 4.74 Å². The fourth-order valence-electron chi connectivity index (χ4n) is 3.25. The lowest BCUT2D eigenvalue weighted by Crippen LogP contribution is -2.46. The van der Waals surface area contributed by atoms with Crippen molar-refractivity contribution in [1.29, 1.82) is 0 Å². The Hall–Kier alpha value is -1.02. The Kier molecular flexibility index (Phi) is 6.95. The molecule has 3 rings (SSSR count). The third kappa shape index (κ3) is 4.73. The van der Waals surface area contributed by atoms with Gasteiger partial charge >= 0.3 is 0 Å². The number of aliphatic imine (C=N–C) groups is 1. The van der Waals surface area contributed by atoms with Gasteiger partial charge in [0.05, 0.1) is 6.54 Å². The van der Waals surface area contributed by atoms with Gasteiger partial charge in [0.15, 0.2) is 5.96 Å². The average Bonchev–Trinajstić information content (AvgIpc) is 3.13. The Morgan fingerprint density at radius 3 is 2.78 bits per heavy atom. The number of likely N-dealkylation sites (N-methyl/N-ethyl adjacent to an activating group) is 1. The molecular formula is C17H27IN4O. The number of ether oxygens (including phenoxy) is 1. The second-order valence-corrected chi connectivity index (χ2v) is 6.16. The molecule has 0 aliphatic carbocycles. The van der Waals surface area contributed by atoms with Crippen LogP contribution in [0.5, 0.6) is 5.75 Å². The highest BCUT2D eigenvalue weighted by molar-refractivity contribution is 14.0. The first-order valence-electron chi connectivity index (χ1n) is 8.15. The van der Waals surface area contributed by atoms with Gasteiger partial charge in [-0.05, 0) is 38.1 Å². The van der Waals surface area contributed by atoms with Crippen LogP contribution in [0.3, 0.4) is 0 Å².